The van der Waals surface area contributed by atoms with Crippen LogP contribution in [0.1, 0.15) is 16.1 Å². The lowest BCUT2D eigenvalue weighted by atomic mass is 10.1. The highest BCUT2D eigenvalue weighted by Crippen LogP contribution is 2.28. The summed E-state index contributed by atoms with van der Waals surface area (Å²) in [6.45, 7) is 0. The number of nitrogens with zero attached hydrogens (tertiary/aromatic N) is 1. The van der Waals surface area contributed by atoms with Crippen LogP contribution in [-0.2, 0) is 6.42 Å². The summed E-state index contributed by atoms with van der Waals surface area (Å²) < 4.78 is 6.01. The number of rotatable bonds is 2. The molecule has 80 valence electrons. The van der Waals surface area contributed by atoms with Gasteiger partial charge in [-0.2, -0.15) is 5.26 Å². The minimum Gasteiger partial charge on any atom is -0.475 e. The molecule has 16 heavy (non-hydrogen) atoms. The van der Waals surface area contributed by atoms with E-state index in [0.717, 1.165) is 4.47 Å². The Kier molecular flexibility index (Phi) is 2.67. The Morgan fingerprint density at radius 1 is 1.56 bits per heavy atom. The fraction of sp³-hybridized carbons (Fsp3) is 0.0909. The van der Waals surface area contributed by atoms with Crippen molar-refractivity contribution in [2.75, 3.05) is 0 Å². The Balaban J connectivity index is 2.76. The maximum absolute atomic E-state index is 10.9. The number of furan rings is 1. The highest BCUT2D eigenvalue weighted by molar-refractivity contribution is 9.10. The highest BCUT2D eigenvalue weighted by Gasteiger charge is 2.19. The molecule has 0 aliphatic rings. The fourth-order valence-electron chi connectivity index (χ4n) is 1.55. The molecule has 0 radical (unpaired) electrons. The number of fused-ring (bicyclic) bond motifs is 1. The molecule has 1 aromatic heterocycles. The Bertz CT molecular complexity index is 609. The van der Waals surface area contributed by atoms with E-state index in [4.69, 9.17) is 14.8 Å². The van der Waals surface area contributed by atoms with Crippen molar-refractivity contribution in [1.29, 1.82) is 5.26 Å². The van der Waals surface area contributed by atoms with Crippen molar-refractivity contribution >= 4 is 32.9 Å². The van der Waals surface area contributed by atoms with Gasteiger partial charge in [-0.05, 0) is 18.2 Å². The van der Waals surface area contributed by atoms with Gasteiger partial charge in [0.05, 0.1) is 12.5 Å². The van der Waals surface area contributed by atoms with Crippen LogP contribution in [0.4, 0.5) is 0 Å². The summed E-state index contributed by atoms with van der Waals surface area (Å²) in [5.74, 6) is -1.31. The van der Waals surface area contributed by atoms with Crippen molar-refractivity contribution in [3.63, 3.8) is 0 Å². The molecule has 0 saturated carbocycles. The monoisotopic (exact) mass is 279 g/mol. The van der Waals surface area contributed by atoms with Gasteiger partial charge < -0.3 is 9.52 Å². The van der Waals surface area contributed by atoms with Crippen LogP contribution < -0.4 is 0 Å². The minimum absolute atomic E-state index is 0.0241. The number of benzene rings is 1. The van der Waals surface area contributed by atoms with Crippen molar-refractivity contribution in [3.05, 3.63) is 34.0 Å². The molecule has 0 aliphatic carbocycles. The third-order valence-corrected chi connectivity index (χ3v) is 2.70. The van der Waals surface area contributed by atoms with Crippen molar-refractivity contribution in [2.24, 2.45) is 0 Å². The first-order valence-corrected chi connectivity index (χ1v) is 5.24. The van der Waals surface area contributed by atoms with Crippen LogP contribution in [0.2, 0.25) is 0 Å². The highest BCUT2D eigenvalue weighted by atomic mass is 79.9. The van der Waals surface area contributed by atoms with Crippen LogP contribution in [-0.4, -0.2) is 11.1 Å². The van der Waals surface area contributed by atoms with Gasteiger partial charge in [0.2, 0.25) is 5.76 Å². The third kappa shape index (κ3) is 1.68. The summed E-state index contributed by atoms with van der Waals surface area (Å²) in [5.41, 5.74) is 0.898. The molecule has 0 spiro atoms. The summed E-state index contributed by atoms with van der Waals surface area (Å²) in [7, 11) is 0. The third-order valence-electron chi connectivity index (χ3n) is 2.20. The lowest BCUT2D eigenvalue weighted by Crippen LogP contribution is -1.98. The van der Waals surface area contributed by atoms with Crippen molar-refractivity contribution in [2.45, 2.75) is 6.42 Å². The fourth-order valence-corrected chi connectivity index (χ4v) is 1.89. The second kappa shape index (κ2) is 3.99. The number of halogens is 1. The number of aromatic carboxylic acids is 1. The molecular formula is C11H6BrNO3. The first-order chi connectivity index (χ1) is 7.63. The lowest BCUT2D eigenvalue weighted by molar-refractivity contribution is 0.0663. The van der Waals surface area contributed by atoms with Crippen LogP contribution in [0.15, 0.2) is 27.1 Å². The molecule has 4 nitrogen and oxygen atoms in total. The Morgan fingerprint density at radius 3 is 2.94 bits per heavy atom. The van der Waals surface area contributed by atoms with Gasteiger partial charge >= 0.3 is 5.97 Å². The summed E-state index contributed by atoms with van der Waals surface area (Å²) >= 11 is 3.27. The van der Waals surface area contributed by atoms with E-state index in [-0.39, 0.29) is 12.2 Å². The van der Waals surface area contributed by atoms with E-state index in [2.05, 4.69) is 15.9 Å². The molecule has 1 N–H and O–H groups in total. The normalized spacial score (nSPS) is 10.2. The molecule has 1 aromatic carbocycles. The molecule has 0 atom stereocenters. The average Bonchev–Trinajstić information content (AvgIpc) is 2.57. The van der Waals surface area contributed by atoms with Gasteiger partial charge in [0.15, 0.2) is 0 Å². The largest absolute Gasteiger partial charge is 0.475 e. The minimum atomic E-state index is -1.16. The predicted octanol–water partition coefficient (Wildman–Crippen LogP) is 2.96. The molecule has 2 aromatic rings. The number of carbonyl (C=O) groups is 1. The predicted molar refractivity (Wildman–Crippen MR) is 60.2 cm³/mol. The van der Waals surface area contributed by atoms with E-state index in [0.29, 0.717) is 16.5 Å². The summed E-state index contributed by atoms with van der Waals surface area (Å²) in [6, 6.07) is 7.14. The van der Waals surface area contributed by atoms with Gasteiger partial charge in [0.1, 0.15) is 5.58 Å². The van der Waals surface area contributed by atoms with E-state index in [1.165, 1.54) is 0 Å². The molecule has 5 heteroatoms. The standard InChI is InChI=1S/C11H6BrNO3/c12-6-1-2-7-8(3-4-13)10(11(14)15)16-9(7)5-6/h1-2,5H,3H2,(H,14,15). The topological polar surface area (TPSA) is 74.2 Å². The molecule has 2 rings (SSSR count). The number of carboxylic acids is 1. The second-order valence-electron chi connectivity index (χ2n) is 3.19. The Hall–Kier alpha value is -1.80. The van der Waals surface area contributed by atoms with Crippen molar-refractivity contribution in [1.82, 2.24) is 0 Å². The molecule has 1 heterocycles. The first-order valence-electron chi connectivity index (χ1n) is 4.44. The zero-order valence-corrected chi connectivity index (χ0v) is 9.61. The molecule has 0 unspecified atom stereocenters. The van der Waals surface area contributed by atoms with Crippen molar-refractivity contribution in [3.8, 4) is 6.07 Å². The van der Waals surface area contributed by atoms with E-state index >= 15 is 0 Å². The lowest BCUT2D eigenvalue weighted by Gasteiger charge is -1.92. The summed E-state index contributed by atoms with van der Waals surface area (Å²) in [6.07, 6.45) is 0.0241. The number of hydrogen-bond donors (Lipinski definition) is 1. The number of hydrogen-bond acceptors (Lipinski definition) is 3. The zero-order chi connectivity index (χ0) is 11.7. The molecular weight excluding hydrogens is 274 g/mol. The molecule has 0 bridgehead atoms. The van der Waals surface area contributed by atoms with Gasteiger partial charge in [-0.15, -0.1) is 0 Å². The first kappa shape index (κ1) is 10.7. The maximum atomic E-state index is 10.9. The van der Waals surface area contributed by atoms with Crippen LogP contribution in [0, 0.1) is 11.3 Å². The van der Waals surface area contributed by atoms with Crippen LogP contribution in [0.25, 0.3) is 11.0 Å². The summed E-state index contributed by atoms with van der Waals surface area (Å²) in [4.78, 5) is 10.9. The summed E-state index contributed by atoms with van der Waals surface area (Å²) in [5, 5.41) is 18.3. The quantitative estimate of drug-likeness (QED) is 0.917. The number of nitriles is 1. The van der Waals surface area contributed by atoms with Gasteiger partial charge in [0.25, 0.3) is 0 Å². The molecule has 0 aliphatic heterocycles. The van der Waals surface area contributed by atoms with Gasteiger partial charge in [-0.1, -0.05) is 15.9 Å². The van der Waals surface area contributed by atoms with E-state index in [1.54, 1.807) is 18.2 Å². The molecule has 0 amide bonds. The second-order valence-corrected chi connectivity index (χ2v) is 4.11. The molecule has 0 saturated heterocycles. The Morgan fingerprint density at radius 2 is 2.31 bits per heavy atom. The zero-order valence-electron chi connectivity index (χ0n) is 8.03. The average molecular weight is 280 g/mol. The van der Waals surface area contributed by atoms with Crippen molar-refractivity contribution < 1.29 is 14.3 Å². The van der Waals surface area contributed by atoms with Crippen LogP contribution in [0.5, 0.6) is 0 Å². The van der Waals surface area contributed by atoms with E-state index in [1.807, 2.05) is 6.07 Å². The van der Waals surface area contributed by atoms with Gasteiger partial charge in [0, 0.05) is 15.4 Å². The van der Waals surface area contributed by atoms with E-state index in [9.17, 15) is 4.79 Å². The van der Waals surface area contributed by atoms with Crippen LogP contribution in [0.3, 0.4) is 0 Å². The Labute approximate surface area is 99.2 Å². The van der Waals surface area contributed by atoms with E-state index < -0.39 is 5.97 Å². The SMILES string of the molecule is N#CCc1c(C(=O)O)oc2cc(Br)ccc12. The number of carboxylic acid groups (broad SMARTS) is 1. The van der Waals surface area contributed by atoms with Crippen LogP contribution >= 0.6 is 15.9 Å². The molecule has 0 fully saturated rings. The maximum Gasteiger partial charge on any atom is 0.372 e. The smallest absolute Gasteiger partial charge is 0.372 e. The van der Waals surface area contributed by atoms with Gasteiger partial charge in [-0.25, -0.2) is 4.79 Å². The van der Waals surface area contributed by atoms with Gasteiger partial charge in [-0.3, -0.25) is 0 Å².